The van der Waals surface area contributed by atoms with E-state index >= 15 is 0 Å². The molecule has 8 heteroatoms. The molecule has 0 radical (unpaired) electrons. The number of rotatable bonds is 5. The summed E-state index contributed by atoms with van der Waals surface area (Å²) in [5.41, 5.74) is 1.26. The molecule has 1 N–H and O–H groups in total. The molecule has 7 nitrogen and oxygen atoms in total. The number of nitrogens with zero attached hydrogens (tertiary/aromatic N) is 3. The van der Waals surface area contributed by atoms with Gasteiger partial charge in [-0.3, -0.25) is 4.79 Å². The van der Waals surface area contributed by atoms with Crippen LogP contribution in [0.5, 0.6) is 0 Å². The Morgan fingerprint density at radius 1 is 1.41 bits per heavy atom. The van der Waals surface area contributed by atoms with E-state index in [1.54, 1.807) is 24.3 Å². The van der Waals surface area contributed by atoms with E-state index in [9.17, 15) is 9.59 Å². The number of para-hydroxylation sites is 1. The van der Waals surface area contributed by atoms with Crippen molar-refractivity contribution >= 4 is 29.1 Å². The van der Waals surface area contributed by atoms with E-state index < -0.39 is 18.5 Å². The SMILES string of the molecule is CCc1nnsc1C(=O)OCC(=O)Nc1ccccc1C#N. The molecule has 1 heterocycles. The molecule has 0 aliphatic heterocycles. The Bertz CT molecular complexity index is 736. The van der Waals surface area contributed by atoms with Gasteiger partial charge in [-0.25, -0.2) is 4.79 Å². The topological polar surface area (TPSA) is 105 Å². The third-order valence-electron chi connectivity index (χ3n) is 2.73. The highest BCUT2D eigenvalue weighted by molar-refractivity contribution is 7.07. The third kappa shape index (κ3) is 3.65. The fourth-order valence-electron chi connectivity index (χ4n) is 1.67. The van der Waals surface area contributed by atoms with E-state index in [2.05, 4.69) is 14.9 Å². The highest BCUT2D eigenvalue weighted by atomic mass is 32.1. The van der Waals surface area contributed by atoms with Crippen molar-refractivity contribution in [3.05, 3.63) is 40.4 Å². The van der Waals surface area contributed by atoms with Crippen molar-refractivity contribution < 1.29 is 14.3 Å². The number of carbonyl (C=O) groups excluding carboxylic acids is 2. The summed E-state index contributed by atoms with van der Waals surface area (Å²) < 4.78 is 8.62. The number of aryl methyl sites for hydroxylation is 1. The first kappa shape index (κ1) is 15.6. The lowest BCUT2D eigenvalue weighted by Gasteiger charge is -2.07. The predicted molar refractivity (Wildman–Crippen MR) is 79.4 cm³/mol. The van der Waals surface area contributed by atoms with Gasteiger partial charge in [0, 0.05) is 0 Å². The lowest BCUT2D eigenvalue weighted by molar-refractivity contribution is -0.119. The van der Waals surface area contributed by atoms with Gasteiger partial charge in [-0.05, 0) is 30.1 Å². The molecular weight excluding hydrogens is 304 g/mol. The number of anilines is 1. The van der Waals surface area contributed by atoms with Gasteiger partial charge in [-0.15, -0.1) is 5.10 Å². The molecule has 0 bridgehead atoms. The molecule has 2 aromatic rings. The molecule has 0 fully saturated rings. The maximum absolute atomic E-state index is 11.8. The fourth-order valence-corrected chi connectivity index (χ4v) is 2.31. The summed E-state index contributed by atoms with van der Waals surface area (Å²) in [4.78, 5) is 23.9. The zero-order valence-corrected chi connectivity index (χ0v) is 12.5. The summed E-state index contributed by atoms with van der Waals surface area (Å²) >= 11 is 0.934. The molecular formula is C14H12N4O3S. The molecule has 0 spiro atoms. The third-order valence-corrected chi connectivity index (χ3v) is 3.48. The molecule has 2 rings (SSSR count). The van der Waals surface area contributed by atoms with Crippen LogP contribution in [0, 0.1) is 11.3 Å². The van der Waals surface area contributed by atoms with Crippen LogP contribution in [0.2, 0.25) is 0 Å². The summed E-state index contributed by atoms with van der Waals surface area (Å²) in [6.45, 7) is 1.40. The lowest BCUT2D eigenvalue weighted by Crippen LogP contribution is -2.21. The van der Waals surface area contributed by atoms with Crippen molar-refractivity contribution in [1.29, 1.82) is 5.26 Å². The van der Waals surface area contributed by atoms with Crippen LogP contribution in [0.3, 0.4) is 0 Å². The van der Waals surface area contributed by atoms with Gasteiger partial charge in [-0.1, -0.05) is 23.5 Å². The number of benzene rings is 1. The molecule has 1 aromatic heterocycles. The van der Waals surface area contributed by atoms with Crippen LogP contribution in [-0.4, -0.2) is 28.1 Å². The van der Waals surface area contributed by atoms with Crippen molar-refractivity contribution in [2.45, 2.75) is 13.3 Å². The summed E-state index contributed by atoms with van der Waals surface area (Å²) in [5, 5.41) is 15.3. The summed E-state index contributed by atoms with van der Waals surface area (Å²) in [7, 11) is 0. The number of ether oxygens (including phenoxy) is 1. The zero-order chi connectivity index (χ0) is 15.9. The van der Waals surface area contributed by atoms with Crippen LogP contribution in [0.15, 0.2) is 24.3 Å². The van der Waals surface area contributed by atoms with Crippen LogP contribution in [0.4, 0.5) is 5.69 Å². The van der Waals surface area contributed by atoms with Crippen molar-refractivity contribution in [3.8, 4) is 6.07 Å². The quantitative estimate of drug-likeness (QED) is 0.843. The van der Waals surface area contributed by atoms with Gasteiger partial charge in [0.25, 0.3) is 5.91 Å². The molecule has 1 aromatic carbocycles. The van der Waals surface area contributed by atoms with Gasteiger partial charge < -0.3 is 10.1 Å². The van der Waals surface area contributed by atoms with Gasteiger partial charge in [0.1, 0.15) is 6.07 Å². The van der Waals surface area contributed by atoms with Gasteiger partial charge in [0.2, 0.25) is 0 Å². The maximum Gasteiger partial charge on any atom is 0.352 e. The Balaban J connectivity index is 1.93. The second-order valence-corrected chi connectivity index (χ2v) is 4.94. The Labute approximate surface area is 130 Å². The first-order chi connectivity index (χ1) is 10.7. The van der Waals surface area contributed by atoms with Crippen molar-refractivity contribution in [1.82, 2.24) is 9.59 Å². The maximum atomic E-state index is 11.8. The number of hydrogen-bond donors (Lipinski definition) is 1. The largest absolute Gasteiger partial charge is 0.451 e. The van der Waals surface area contributed by atoms with Crippen molar-refractivity contribution in [2.75, 3.05) is 11.9 Å². The number of nitriles is 1. The van der Waals surface area contributed by atoms with E-state index in [1.807, 2.05) is 13.0 Å². The number of amides is 1. The van der Waals surface area contributed by atoms with Crippen LogP contribution in [-0.2, 0) is 16.0 Å². The first-order valence-electron chi connectivity index (χ1n) is 6.43. The van der Waals surface area contributed by atoms with E-state index in [-0.39, 0.29) is 0 Å². The summed E-state index contributed by atoms with van der Waals surface area (Å²) in [5.74, 6) is -1.15. The number of carbonyl (C=O) groups is 2. The van der Waals surface area contributed by atoms with Crippen LogP contribution in [0.25, 0.3) is 0 Å². The van der Waals surface area contributed by atoms with Gasteiger partial charge in [0.15, 0.2) is 11.5 Å². The second kappa shape index (κ2) is 7.28. The Hall–Kier alpha value is -2.79. The predicted octanol–water partition coefficient (Wildman–Crippen LogP) is 1.77. The number of esters is 1. The van der Waals surface area contributed by atoms with E-state index in [4.69, 9.17) is 10.00 Å². The molecule has 0 aliphatic carbocycles. The summed E-state index contributed by atoms with van der Waals surface area (Å²) in [6.07, 6.45) is 0.558. The molecule has 0 aliphatic rings. The Kier molecular flexibility index (Phi) is 5.16. The minimum absolute atomic E-state index is 0.299. The van der Waals surface area contributed by atoms with E-state index in [0.717, 1.165) is 11.5 Å². The van der Waals surface area contributed by atoms with Crippen LogP contribution < -0.4 is 5.32 Å². The van der Waals surface area contributed by atoms with Gasteiger partial charge >= 0.3 is 5.97 Å². The minimum Gasteiger partial charge on any atom is -0.451 e. The average molecular weight is 316 g/mol. The molecule has 0 saturated heterocycles. The normalized spacial score (nSPS) is 9.82. The fraction of sp³-hybridized carbons (Fsp3) is 0.214. The molecule has 0 saturated carbocycles. The zero-order valence-electron chi connectivity index (χ0n) is 11.7. The van der Waals surface area contributed by atoms with E-state index in [1.165, 1.54) is 0 Å². The number of hydrogen-bond acceptors (Lipinski definition) is 7. The highest BCUT2D eigenvalue weighted by Gasteiger charge is 2.18. The van der Waals surface area contributed by atoms with E-state index in [0.29, 0.717) is 28.2 Å². The van der Waals surface area contributed by atoms with Crippen LogP contribution >= 0.6 is 11.5 Å². The molecule has 22 heavy (non-hydrogen) atoms. The number of nitrogens with one attached hydrogen (secondary N) is 1. The molecule has 0 atom stereocenters. The number of aromatic nitrogens is 2. The standard InChI is InChI=1S/C14H12N4O3S/c1-2-10-13(22-18-17-10)14(20)21-8-12(19)16-11-6-4-3-5-9(11)7-15/h3-6H,2,8H2,1H3,(H,16,19). The molecule has 1 amide bonds. The summed E-state index contributed by atoms with van der Waals surface area (Å²) in [6, 6.07) is 8.53. The molecule has 0 unspecified atom stereocenters. The first-order valence-corrected chi connectivity index (χ1v) is 7.20. The van der Waals surface area contributed by atoms with Gasteiger partial charge in [0.05, 0.1) is 16.9 Å². The lowest BCUT2D eigenvalue weighted by atomic mass is 10.2. The van der Waals surface area contributed by atoms with Crippen molar-refractivity contribution in [3.63, 3.8) is 0 Å². The highest BCUT2D eigenvalue weighted by Crippen LogP contribution is 2.14. The average Bonchev–Trinajstić information content (AvgIpc) is 3.01. The molecule has 112 valence electrons. The Morgan fingerprint density at radius 2 is 2.18 bits per heavy atom. The smallest absolute Gasteiger partial charge is 0.352 e. The van der Waals surface area contributed by atoms with Crippen LogP contribution in [0.1, 0.15) is 27.9 Å². The van der Waals surface area contributed by atoms with Crippen molar-refractivity contribution in [2.24, 2.45) is 0 Å². The monoisotopic (exact) mass is 316 g/mol. The minimum atomic E-state index is -0.629. The second-order valence-electron chi connectivity index (χ2n) is 4.18. The Morgan fingerprint density at radius 3 is 2.91 bits per heavy atom. The van der Waals surface area contributed by atoms with Gasteiger partial charge in [-0.2, -0.15) is 5.26 Å².